The zero-order chi connectivity index (χ0) is 13.6. The number of amides is 1. The van der Waals surface area contributed by atoms with Crippen molar-refractivity contribution in [2.45, 2.75) is 44.3 Å². The molecule has 2 N–H and O–H groups in total. The summed E-state index contributed by atoms with van der Waals surface area (Å²) in [5.41, 5.74) is 0. The van der Waals surface area contributed by atoms with Crippen LogP contribution in [0.25, 0.3) is 0 Å². The van der Waals surface area contributed by atoms with Gasteiger partial charge in [0.2, 0.25) is 5.91 Å². The molecule has 1 aliphatic rings. The molecule has 106 valence electrons. The van der Waals surface area contributed by atoms with Gasteiger partial charge in [-0.1, -0.05) is 19.8 Å². The molecule has 18 heavy (non-hydrogen) atoms. The van der Waals surface area contributed by atoms with Crippen LogP contribution in [-0.2, 0) is 14.6 Å². The molecule has 0 bridgehead atoms. The van der Waals surface area contributed by atoms with Gasteiger partial charge < -0.3 is 10.4 Å². The van der Waals surface area contributed by atoms with Gasteiger partial charge in [0.05, 0.1) is 5.75 Å². The van der Waals surface area contributed by atoms with Crippen molar-refractivity contribution in [3.05, 3.63) is 0 Å². The molecular weight excluding hydrogens is 254 g/mol. The van der Waals surface area contributed by atoms with Gasteiger partial charge in [0.25, 0.3) is 0 Å². The molecule has 1 aliphatic heterocycles. The van der Waals surface area contributed by atoms with Crippen molar-refractivity contribution in [2.24, 2.45) is 5.92 Å². The Morgan fingerprint density at radius 2 is 2.17 bits per heavy atom. The largest absolute Gasteiger partial charge is 0.396 e. The van der Waals surface area contributed by atoms with Crippen LogP contribution < -0.4 is 5.32 Å². The van der Waals surface area contributed by atoms with Crippen molar-refractivity contribution in [1.82, 2.24) is 5.32 Å². The summed E-state index contributed by atoms with van der Waals surface area (Å²) in [4.78, 5) is 11.9. The SMILES string of the molecule is CCC(CCO)CNC(=O)C1CCCCS1(=O)=O. The summed E-state index contributed by atoms with van der Waals surface area (Å²) >= 11 is 0. The summed E-state index contributed by atoms with van der Waals surface area (Å²) in [5, 5.41) is 10.7. The Hall–Kier alpha value is -0.620. The first-order chi connectivity index (χ1) is 8.51. The van der Waals surface area contributed by atoms with E-state index in [0.29, 0.717) is 25.8 Å². The molecular formula is C12H23NO4S. The monoisotopic (exact) mass is 277 g/mol. The van der Waals surface area contributed by atoms with Crippen LogP contribution in [0.4, 0.5) is 0 Å². The van der Waals surface area contributed by atoms with E-state index in [2.05, 4.69) is 5.32 Å². The minimum Gasteiger partial charge on any atom is -0.396 e. The molecule has 0 saturated carbocycles. The van der Waals surface area contributed by atoms with E-state index in [1.54, 1.807) is 0 Å². The van der Waals surface area contributed by atoms with Gasteiger partial charge in [-0.2, -0.15) is 0 Å². The number of aliphatic hydroxyl groups is 1. The molecule has 0 radical (unpaired) electrons. The van der Waals surface area contributed by atoms with Crippen LogP contribution in [0.2, 0.25) is 0 Å². The van der Waals surface area contributed by atoms with Gasteiger partial charge >= 0.3 is 0 Å². The fourth-order valence-corrected chi connectivity index (χ4v) is 4.07. The van der Waals surface area contributed by atoms with Crippen molar-refractivity contribution >= 4 is 15.7 Å². The first-order valence-corrected chi connectivity index (χ1v) is 8.33. The summed E-state index contributed by atoms with van der Waals surface area (Å²) in [6.07, 6.45) is 3.39. The second-order valence-electron chi connectivity index (χ2n) is 4.88. The third-order valence-corrected chi connectivity index (χ3v) is 5.73. The quantitative estimate of drug-likeness (QED) is 0.739. The van der Waals surface area contributed by atoms with Crippen molar-refractivity contribution in [3.63, 3.8) is 0 Å². The number of carbonyl (C=O) groups excluding carboxylic acids is 1. The average Bonchev–Trinajstić information content (AvgIpc) is 2.33. The maximum Gasteiger partial charge on any atom is 0.238 e. The number of hydrogen-bond acceptors (Lipinski definition) is 4. The van der Waals surface area contributed by atoms with E-state index in [1.165, 1.54) is 0 Å². The van der Waals surface area contributed by atoms with E-state index in [1.807, 2.05) is 6.92 Å². The molecule has 1 amide bonds. The minimum absolute atomic E-state index is 0.0934. The highest BCUT2D eigenvalue weighted by Crippen LogP contribution is 2.19. The summed E-state index contributed by atoms with van der Waals surface area (Å²) in [6.45, 7) is 2.53. The van der Waals surface area contributed by atoms with Gasteiger partial charge in [-0.3, -0.25) is 4.79 Å². The van der Waals surface area contributed by atoms with Crippen molar-refractivity contribution in [2.75, 3.05) is 18.9 Å². The lowest BCUT2D eigenvalue weighted by molar-refractivity contribution is -0.121. The van der Waals surface area contributed by atoms with Crippen LogP contribution in [0.3, 0.4) is 0 Å². The fraction of sp³-hybridized carbons (Fsp3) is 0.917. The first-order valence-electron chi connectivity index (χ1n) is 6.61. The smallest absolute Gasteiger partial charge is 0.238 e. The van der Waals surface area contributed by atoms with E-state index in [4.69, 9.17) is 5.11 Å². The Labute approximate surface area is 109 Å². The predicted octanol–water partition coefficient (Wildman–Crippen LogP) is 0.478. The molecule has 1 saturated heterocycles. The minimum atomic E-state index is -3.25. The van der Waals surface area contributed by atoms with Gasteiger partial charge in [-0.05, 0) is 25.2 Å². The molecule has 6 heteroatoms. The lowest BCUT2D eigenvalue weighted by Gasteiger charge is -2.22. The van der Waals surface area contributed by atoms with Gasteiger partial charge in [0.15, 0.2) is 9.84 Å². The predicted molar refractivity (Wildman–Crippen MR) is 69.9 cm³/mol. The van der Waals surface area contributed by atoms with Crippen molar-refractivity contribution in [1.29, 1.82) is 0 Å². The van der Waals surface area contributed by atoms with Crippen molar-refractivity contribution in [3.8, 4) is 0 Å². The van der Waals surface area contributed by atoms with E-state index in [0.717, 1.165) is 12.8 Å². The van der Waals surface area contributed by atoms with Gasteiger partial charge in [0, 0.05) is 13.2 Å². The van der Waals surface area contributed by atoms with Crippen LogP contribution >= 0.6 is 0 Å². The highest BCUT2D eigenvalue weighted by molar-refractivity contribution is 7.92. The normalized spacial score (nSPS) is 24.4. The lowest BCUT2D eigenvalue weighted by Crippen LogP contribution is -2.44. The van der Waals surface area contributed by atoms with Crippen LogP contribution in [0, 0.1) is 5.92 Å². The highest BCUT2D eigenvalue weighted by atomic mass is 32.2. The Morgan fingerprint density at radius 1 is 1.44 bits per heavy atom. The van der Waals surface area contributed by atoms with Gasteiger partial charge in [-0.25, -0.2) is 8.42 Å². The first kappa shape index (κ1) is 15.4. The Bertz CT molecular complexity index is 366. The molecule has 0 aromatic carbocycles. The molecule has 0 aromatic heterocycles. The molecule has 0 spiro atoms. The summed E-state index contributed by atoms with van der Waals surface area (Å²) in [7, 11) is -3.25. The number of nitrogens with one attached hydrogen (secondary N) is 1. The Morgan fingerprint density at radius 3 is 2.72 bits per heavy atom. The maximum atomic E-state index is 11.9. The van der Waals surface area contributed by atoms with Crippen molar-refractivity contribution < 1.29 is 18.3 Å². The van der Waals surface area contributed by atoms with Gasteiger partial charge in [-0.15, -0.1) is 0 Å². The number of hydrogen-bond donors (Lipinski definition) is 2. The van der Waals surface area contributed by atoms with Crippen LogP contribution in [0.5, 0.6) is 0 Å². The molecule has 1 rings (SSSR count). The average molecular weight is 277 g/mol. The molecule has 1 fully saturated rings. The summed E-state index contributed by atoms with van der Waals surface area (Å²) in [6, 6.07) is 0. The second kappa shape index (κ2) is 7.09. The Kier molecular flexibility index (Phi) is 6.08. The van der Waals surface area contributed by atoms with E-state index >= 15 is 0 Å². The molecule has 2 unspecified atom stereocenters. The molecule has 0 aromatic rings. The number of sulfone groups is 1. The van der Waals surface area contributed by atoms with E-state index in [-0.39, 0.29) is 24.2 Å². The summed E-state index contributed by atoms with van der Waals surface area (Å²) in [5.74, 6) is -0.0322. The molecule has 2 atom stereocenters. The lowest BCUT2D eigenvalue weighted by atomic mass is 10.0. The number of rotatable bonds is 6. The van der Waals surface area contributed by atoms with E-state index < -0.39 is 15.1 Å². The standard InChI is InChI=1S/C12H23NO4S/c1-2-10(6-7-14)9-13-12(15)11-5-3-4-8-18(11,16)17/h10-11,14H,2-9H2,1H3,(H,13,15). The summed E-state index contributed by atoms with van der Waals surface area (Å²) < 4.78 is 23.5. The van der Waals surface area contributed by atoms with E-state index in [9.17, 15) is 13.2 Å². The zero-order valence-electron chi connectivity index (χ0n) is 10.9. The number of carbonyl (C=O) groups is 1. The third kappa shape index (κ3) is 4.24. The van der Waals surface area contributed by atoms with Crippen LogP contribution in [-0.4, -0.2) is 43.6 Å². The fourth-order valence-electron chi connectivity index (χ4n) is 2.24. The molecule has 1 heterocycles. The van der Waals surface area contributed by atoms with Crippen LogP contribution in [0.1, 0.15) is 39.0 Å². The zero-order valence-corrected chi connectivity index (χ0v) is 11.7. The highest BCUT2D eigenvalue weighted by Gasteiger charge is 2.34. The Balaban J connectivity index is 2.49. The number of aliphatic hydroxyl groups excluding tert-OH is 1. The van der Waals surface area contributed by atoms with Crippen LogP contribution in [0.15, 0.2) is 0 Å². The molecule has 0 aliphatic carbocycles. The maximum absolute atomic E-state index is 11.9. The molecule has 5 nitrogen and oxygen atoms in total. The topological polar surface area (TPSA) is 83.5 Å². The third-order valence-electron chi connectivity index (χ3n) is 3.55. The van der Waals surface area contributed by atoms with Gasteiger partial charge in [0.1, 0.15) is 5.25 Å². The second-order valence-corrected chi connectivity index (χ2v) is 7.19.